The first-order chi connectivity index (χ1) is 10.1. The fourth-order valence-electron chi connectivity index (χ4n) is 1.95. The number of hydrogen-bond acceptors (Lipinski definition) is 3. The first-order valence-electron chi connectivity index (χ1n) is 7.12. The molecule has 0 radical (unpaired) electrons. The summed E-state index contributed by atoms with van der Waals surface area (Å²) in [6.45, 7) is 4.77. The summed E-state index contributed by atoms with van der Waals surface area (Å²) in [5, 5.41) is 4.51. The Bertz CT molecular complexity index is 592. The highest BCUT2D eigenvalue weighted by Crippen LogP contribution is 2.15. The summed E-state index contributed by atoms with van der Waals surface area (Å²) in [7, 11) is 0. The average molecular weight is 303 g/mol. The minimum atomic E-state index is 0.415. The molecule has 21 heavy (non-hydrogen) atoms. The van der Waals surface area contributed by atoms with E-state index in [1.54, 1.807) is 0 Å². The molecule has 2 rings (SSSR count). The molecule has 2 aromatic rings. The molecule has 0 saturated carbocycles. The van der Waals surface area contributed by atoms with Gasteiger partial charge in [0.2, 0.25) is 0 Å². The summed E-state index contributed by atoms with van der Waals surface area (Å²) >= 11 is 4.89. The molecule has 112 valence electrons. The minimum absolute atomic E-state index is 0.415. The van der Waals surface area contributed by atoms with Crippen LogP contribution in [-0.2, 0) is 13.0 Å². The van der Waals surface area contributed by atoms with Gasteiger partial charge in [-0.25, -0.2) is 0 Å². The molecular formula is C16H21N3OS. The van der Waals surface area contributed by atoms with Gasteiger partial charge in [-0.1, -0.05) is 31.3 Å². The molecule has 1 aromatic carbocycles. The van der Waals surface area contributed by atoms with Gasteiger partial charge in [-0.2, -0.15) is 5.10 Å². The van der Waals surface area contributed by atoms with Crippen molar-refractivity contribution in [3.63, 3.8) is 0 Å². The number of thiocarbonyl (C=S) groups is 1. The van der Waals surface area contributed by atoms with Gasteiger partial charge in [0.15, 0.2) is 0 Å². The van der Waals surface area contributed by atoms with Crippen LogP contribution < -0.4 is 10.5 Å². The molecule has 1 heterocycles. The number of hydrogen-bond donors (Lipinski definition) is 1. The SMILES string of the molecule is CCC(C)n1ccc(COc2ccc(CC(N)=S)cc2)n1. The van der Waals surface area contributed by atoms with E-state index >= 15 is 0 Å². The molecule has 0 fully saturated rings. The topological polar surface area (TPSA) is 53.1 Å². The summed E-state index contributed by atoms with van der Waals surface area (Å²) in [5.41, 5.74) is 7.55. The molecule has 4 nitrogen and oxygen atoms in total. The van der Waals surface area contributed by atoms with E-state index in [2.05, 4.69) is 18.9 Å². The number of nitrogens with two attached hydrogens (primary N) is 1. The van der Waals surface area contributed by atoms with Crippen molar-refractivity contribution in [3.8, 4) is 5.75 Å². The Morgan fingerprint density at radius 3 is 2.67 bits per heavy atom. The van der Waals surface area contributed by atoms with Crippen molar-refractivity contribution in [2.45, 2.75) is 39.3 Å². The Morgan fingerprint density at radius 1 is 1.33 bits per heavy atom. The standard InChI is InChI=1S/C16H21N3OS/c1-3-12(2)19-9-8-14(18-19)11-20-15-6-4-13(5-7-15)10-16(17)21/h4-9,12H,3,10-11H2,1-2H3,(H2,17,21). The van der Waals surface area contributed by atoms with Crippen LogP contribution in [0.2, 0.25) is 0 Å². The van der Waals surface area contributed by atoms with Gasteiger partial charge in [0.1, 0.15) is 12.4 Å². The average Bonchev–Trinajstić information content (AvgIpc) is 2.94. The summed E-state index contributed by atoms with van der Waals surface area (Å²) in [5.74, 6) is 0.819. The molecule has 0 aliphatic heterocycles. The summed E-state index contributed by atoms with van der Waals surface area (Å²) in [6.07, 6.45) is 3.68. The van der Waals surface area contributed by atoms with Crippen LogP contribution in [0, 0.1) is 0 Å². The third-order valence-corrected chi connectivity index (χ3v) is 3.54. The maximum Gasteiger partial charge on any atom is 0.132 e. The van der Waals surface area contributed by atoms with Crippen LogP contribution >= 0.6 is 12.2 Å². The van der Waals surface area contributed by atoms with Gasteiger partial charge in [0.05, 0.1) is 10.7 Å². The van der Waals surface area contributed by atoms with Crippen LogP contribution in [0.1, 0.15) is 37.6 Å². The Kier molecular flexibility index (Phi) is 5.33. The zero-order chi connectivity index (χ0) is 15.2. The van der Waals surface area contributed by atoms with Gasteiger partial charge in [-0.15, -0.1) is 0 Å². The van der Waals surface area contributed by atoms with E-state index in [1.807, 2.05) is 41.2 Å². The van der Waals surface area contributed by atoms with Crippen LogP contribution in [0.5, 0.6) is 5.75 Å². The maximum absolute atomic E-state index is 5.74. The van der Waals surface area contributed by atoms with Gasteiger partial charge in [-0.05, 0) is 37.1 Å². The normalized spacial score (nSPS) is 12.1. The van der Waals surface area contributed by atoms with Gasteiger partial charge >= 0.3 is 0 Å². The zero-order valence-corrected chi connectivity index (χ0v) is 13.3. The molecule has 0 aliphatic carbocycles. The van der Waals surface area contributed by atoms with Crippen molar-refractivity contribution in [1.29, 1.82) is 0 Å². The second kappa shape index (κ2) is 7.22. The van der Waals surface area contributed by atoms with E-state index in [0.717, 1.165) is 23.4 Å². The van der Waals surface area contributed by atoms with Gasteiger partial charge in [-0.3, -0.25) is 4.68 Å². The Hall–Kier alpha value is -1.88. The summed E-state index contributed by atoms with van der Waals surface area (Å²) in [6, 6.07) is 10.2. The second-order valence-corrected chi connectivity index (χ2v) is 5.64. The number of aromatic nitrogens is 2. The van der Waals surface area contributed by atoms with E-state index in [0.29, 0.717) is 24.1 Å². The highest BCUT2D eigenvalue weighted by Gasteiger charge is 2.05. The monoisotopic (exact) mass is 303 g/mol. The first kappa shape index (κ1) is 15.5. The highest BCUT2D eigenvalue weighted by atomic mass is 32.1. The maximum atomic E-state index is 5.74. The van der Waals surface area contributed by atoms with Crippen molar-refractivity contribution in [2.75, 3.05) is 0 Å². The number of ether oxygens (including phenoxy) is 1. The van der Waals surface area contributed by atoms with E-state index in [9.17, 15) is 0 Å². The van der Waals surface area contributed by atoms with Crippen molar-refractivity contribution in [3.05, 3.63) is 47.8 Å². The molecule has 0 bridgehead atoms. The van der Waals surface area contributed by atoms with Gasteiger partial charge in [0.25, 0.3) is 0 Å². The first-order valence-corrected chi connectivity index (χ1v) is 7.53. The predicted molar refractivity (Wildman–Crippen MR) is 88.5 cm³/mol. The number of nitrogens with zero attached hydrogens (tertiary/aromatic N) is 2. The smallest absolute Gasteiger partial charge is 0.132 e. The van der Waals surface area contributed by atoms with Crippen LogP contribution in [0.4, 0.5) is 0 Å². The second-order valence-electron chi connectivity index (χ2n) is 5.12. The summed E-state index contributed by atoms with van der Waals surface area (Å²) in [4.78, 5) is 0.499. The van der Waals surface area contributed by atoms with E-state index < -0.39 is 0 Å². The predicted octanol–water partition coefficient (Wildman–Crippen LogP) is 3.26. The molecule has 1 atom stereocenters. The lowest BCUT2D eigenvalue weighted by molar-refractivity contribution is 0.298. The molecule has 0 saturated heterocycles. The van der Waals surface area contributed by atoms with Crippen LogP contribution in [-0.4, -0.2) is 14.8 Å². The van der Waals surface area contributed by atoms with Crippen LogP contribution in [0.15, 0.2) is 36.5 Å². The molecule has 0 amide bonds. The lowest BCUT2D eigenvalue weighted by Gasteiger charge is -2.08. The highest BCUT2D eigenvalue weighted by molar-refractivity contribution is 7.80. The fourth-order valence-corrected chi connectivity index (χ4v) is 2.12. The lowest BCUT2D eigenvalue weighted by Crippen LogP contribution is -2.10. The molecule has 1 unspecified atom stereocenters. The quantitative estimate of drug-likeness (QED) is 0.798. The fraction of sp³-hybridized carbons (Fsp3) is 0.375. The van der Waals surface area contributed by atoms with Gasteiger partial charge < -0.3 is 10.5 Å². The Morgan fingerprint density at radius 2 is 2.05 bits per heavy atom. The molecule has 2 N–H and O–H groups in total. The van der Waals surface area contributed by atoms with E-state index in [-0.39, 0.29) is 0 Å². The van der Waals surface area contributed by atoms with Crippen molar-refractivity contribution >= 4 is 17.2 Å². The van der Waals surface area contributed by atoms with Crippen molar-refractivity contribution in [1.82, 2.24) is 9.78 Å². The third-order valence-electron chi connectivity index (χ3n) is 3.39. The zero-order valence-electron chi connectivity index (χ0n) is 12.5. The van der Waals surface area contributed by atoms with Gasteiger partial charge in [0, 0.05) is 18.7 Å². The minimum Gasteiger partial charge on any atom is -0.487 e. The molecule has 0 spiro atoms. The Labute approximate surface area is 130 Å². The number of rotatable bonds is 7. The molecule has 1 aromatic heterocycles. The van der Waals surface area contributed by atoms with E-state index in [1.165, 1.54) is 0 Å². The molecule has 5 heteroatoms. The Balaban J connectivity index is 1.90. The van der Waals surface area contributed by atoms with Crippen molar-refractivity contribution in [2.24, 2.45) is 5.73 Å². The summed E-state index contributed by atoms with van der Waals surface area (Å²) < 4.78 is 7.71. The van der Waals surface area contributed by atoms with Crippen molar-refractivity contribution < 1.29 is 4.74 Å². The van der Waals surface area contributed by atoms with E-state index in [4.69, 9.17) is 22.7 Å². The largest absolute Gasteiger partial charge is 0.487 e. The van der Waals surface area contributed by atoms with Crippen LogP contribution in [0.25, 0.3) is 0 Å². The molecule has 0 aliphatic rings. The third kappa shape index (κ3) is 4.56. The number of benzene rings is 1. The van der Waals surface area contributed by atoms with Crippen LogP contribution in [0.3, 0.4) is 0 Å². The molecular weight excluding hydrogens is 282 g/mol. The lowest BCUT2D eigenvalue weighted by atomic mass is 10.1.